The van der Waals surface area contributed by atoms with Gasteiger partial charge < -0.3 is 25.2 Å². The lowest BCUT2D eigenvalue weighted by Gasteiger charge is -2.34. The van der Waals surface area contributed by atoms with Crippen LogP contribution in [0.15, 0.2) is 30.3 Å². The molecule has 0 spiro atoms. The van der Waals surface area contributed by atoms with E-state index in [-0.39, 0.29) is 18.0 Å². The minimum absolute atomic E-state index is 0.148. The number of morpholine rings is 1. The highest BCUT2D eigenvalue weighted by Crippen LogP contribution is 2.25. The van der Waals surface area contributed by atoms with Gasteiger partial charge in [0.2, 0.25) is 0 Å². The molecule has 2 heterocycles. The Morgan fingerprint density at radius 1 is 1.16 bits per heavy atom. The molecule has 2 fully saturated rings. The molecule has 1 atom stereocenters. The highest BCUT2D eigenvalue weighted by Gasteiger charge is 2.24. The third kappa shape index (κ3) is 5.11. The Balaban J connectivity index is 1.61. The lowest BCUT2D eigenvalue weighted by Crippen LogP contribution is -2.44. The number of rotatable bonds is 5. The van der Waals surface area contributed by atoms with Gasteiger partial charge in [-0.05, 0) is 44.0 Å². The van der Waals surface area contributed by atoms with Gasteiger partial charge in [-0.3, -0.25) is 4.79 Å². The van der Waals surface area contributed by atoms with Crippen molar-refractivity contribution in [3.05, 3.63) is 36.0 Å². The first-order valence-electron chi connectivity index (χ1n) is 10.5. The van der Waals surface area contributed by atoms with Crippen LogP contribution in [0.5, 0.6) is 0 Å². The van der Waals surface area contributed by atoms with Crippen LogP contribution in [-0.4, -0.2) is 72.7 Å². The van der Waals surface area contributed by atoms with Crippen molar-refractivity contribution in [2.45, 2.75) is 31.8 Å². The molecule has 1 aromatic heterocycles. The quantitative estimate of drug-likeness (QED) is 0.764. The van der Waals surface area contributed by atoms with Crippen molar-refractivity contribution in [2.24, 2.45) is 0 Å². The predicted octanol–water partition coefficient (Wildman–Crippen LogP) is 2.35. The van der Waals surface area contributed by atoms with E-state index in [0.717, 1.165) is 18.4 Å². The second-order valence-electron chi connectivity index (χ2n) is 8.20. The number of carbonyl (C=O) groups is 2. The van der Waals surface area contributed by atoms with Gasteiger partial charge in [0.1, 0.15) is 11.5 Å². The van der Waals surface area contributed by atoms with E-state index in [1.54, 1.807) is 20.2 Å². The number of hydrogen-bond donors (Lipinski definition) is 2. The van der Waals surface area contributed by atoms with Crippen molar-refractivity contribution < 1.29 is 14.3 Å². The average Bonchev–Trinajstić information content (AvgIpc) is 3.57. The molecule has 2 aromatic rings. The van der Waals surface area contributed by atoms with Crippen molar-refractivity contribution >= 4 is 23.4 Å². The number of ether oxygens (including phenoxy) is 1. The third-order valence-electron chi connectivity index (χ3n) is 5.31. The van der Waals surface area contributed by atoms with E-state index in [0.29, 0.717) is 48.8 Å². The Hall–Kier alpha value is -3.20. The minimum atomic E-state index is -0.200. The first kappa shape index (κ1) is 21.0. The second kappa shape index (κ2) is 8.89. The summed E-state index contributed by atoms with van der Waals surface area (Å²) in [5, 5.41) is 5.73. The molecule has 1 aliphatic heterocycles. The Morgan fingerprint density at radius 3 is 2.55 bits per heavy atom. The molecule has 9 nitrogen and oxygen atoms in total. The standard InChI is InChI=1S/C22H28N6O3/c1-14-13-31-11-10-28(14)19-12-18(21(29)27(2)3)25-20(26-19)15-4-6-16(7-5-15)23-22(30)24-17-8-9-17/h4-7,12,14,17H,8-11,13H2,1-3H3,(H2,23,24,30)/t14-/m0/s1. The summed E-state index contributed by atoms with van der Waals surface area (Å²) in [7, 11) is 3.41. The first-order chi connectivity index (χ1) is 14.9. The SMILES string of the molecule is C[C@H]1COCCN1c1cc(C(=O)N(C)C)nc(-c2ccc(NC(=O)NC3CC3)cc2)n1. The maximum Gasteiger partial charge on any atom is 0.319 e. The van der Waals surface area contributed by atoms with E-state index in [9.17, 15) is 9.59 Å². The lowest BCUT2D eigenvalue weighted by molar-refractivity contribution is 0.0821. The Labute approximate surface area is 181 Å². The van der Waals surface area contributed by atoms with E-state index in [1.807, 2.05) is 24.3 Å². The molecule has 4 rings (SSSR count). The fourth-order valence-electron chi connectivity index (χ4n) is 3.40. The number of hydrogen-bond acceptors (Lipinski definition) is 6. The highest BCUT2D eigenvalue weighted by molar-refractivity contribution is 5.93. The van der Waals surface area contributed by atoms with Crippen molar-refractivity contribution in [1.82, 2.24) is 20.2 Å². The van der Waals surface area contributed by atoms with Crippen LogP contribution < -0.4 is 15.5 Å². The van der Waals surface area contributed by atoms with Crippen LogP contribution in [0.4, 0.5) is 16.3 Å². The number of urea groups is 1. The molecule has 0 radical (unpaired) electrons. The first-order valence-corrected chi connectivity index (χ1v) is 10.5. The van der Waals surface area contributed by atoms with Gasteiger partial charge in [-0.25, -0.2) is 14.8 Å². The molecular weight excluding hydrogens is 396 g/mol. The summed E-state index contributed by atoms with van der Waals surface area (Å²) in [6.45, 7) is 4.00. The molecule has 0 unspecified atom stereocenters. The van der Waals surface area contributed by atoms with Crippen LogP contribution in [-0.2, 0) is 4.74 Å². The zero-order valence-corrected chi connectivity index (χ0v) is 18.1. The smallest absolute Gasteiger partial charge is 0.319 e. The monoisotopic (exact) mass is 424 g/mol. The molecule has 3 amide bonds. The Morgan fingerprint density at radius 2 is 1.90 bits per heavy atom. The zero-order chi connectivity index (χ0) is 22.0. The van der Waals surface area contributed by atoms with Gasteiger partial charge in [0.25, 0.3) is 5.91 Å². The largest absolute Gasteiger partial charge is 0.377 e. The van der Waals surface area contributed by atoms with Crippen LogP contribution in [0.1, 0.15) is 30.3 Å². The van der Waals surface area contributed by atoms with Crippen molar-refractivity contribution in [1.29, 1.82) is 0 Å². The summed E-state index contributed by atoms with van der Waals surface area (Å²) >= 11 is 0. The van der Waals surface area contributed by atoms with Crippen LogP contribution in [0, 0.1) is 0 Å². The number of benzene rings is 1. The lowest BCUT2D eigenvalue weighted by atomic mass is 10.1. The molecule has 2 N–H and O–H groups in total. The molecule has 31 heavy (non-hydrogen) atoms. The number of aromatic nitrogens is 2. The number of nitrogens with zero attached hydrogens (tertiary/aromatic N) is 4. The fraction of sp³-hybridized carbons (Fsp3) is 0.455. The molecule has 0 bridgehead atoms. The third-order valence-corrected chi connectivity index (χ3v) is 5.31. The highest BCUT2D eigenvalue weighted by atomic mass is 16.5. The van der Waals surface area contributed by atoms with Gasteiger partial charge in [-0.15, -0.1) is 0 Å². The van der Waals surface area contributed by atoms with Gasteiger partial charge in [0.05, 0.1) is 19.3 Å². The minimum Gasteiger partial charge on any atom is -0.377 e. The van der Waals surface area contributed by atoms with Crippen LogP contribution >= 0.6 is 0 Å². The van der Waals surface area contributed by atoms with Crippen molar-refractivity contribution in [2.75, 3.05) is 44.1 Å². The molecule has 1 saturated heterocycles. The summed E-state index contributed by atoms with van der Waals surface area (Å²) in [4.78, 5) is 37.5. The van der Waals surface area contributed by atoms with E-state index < -0.39 is 0 Å². The van der Waals surface area contributed by atoms with Crippen LogP contribution in [0.25, 0.3) is 11.4 Å². The summed E-state index contributed by atoms with van der Waals surface area (Å²) in [5.74, 6) is 0.994. The topological polar surface area (TPSA) is 99.7 Å². The number of anilines is 2. The molecular formula is C22H28N6O3. The van der Waals surface area contributed by atoms with E-state index in [1.165, 1.54) is 4.90 Å². The van der Waals surface area contributed by atoms with E-state index in [2.05, 4.69) is 27.4 Å². The Kier molecular flexibility index (Phi) is 6.03. The van der Waals surface area contributed by atoms with E-state index in [4.69, 9.17) is 9.72 Å². The van der Waals surface area contributed by atoms with Crippen molar-refractivity contribution in [3.63, 3.8) is 0 Å². The predicted molar refractivity (Wildman–Crippen MR) is 118 cm³/mol. The van der Waals surface area contributed by atoms with Crippen LogP contribution in [0.2, 0.25) is 0 Å². The summed E-state index contributed by atoms with van der Waals surface area (Å²) in [5.41, 5.74) is 1.79. The summed E-state index contributed by atoms with van der Waals surface area (Å²) < 4.78 is 5.54. The van der Waals surface area contributed by atoms with Gasteiger partial charge in [0.15, 0.2) is 5.82 Å². The normalized spacial score (nSPS) is 18.4. The number of nitrogens with one attached hydrogen (secondary N) is 2. The second-order valence-corrected chi connectivity index (χ2v) is 8.20. The van der Waals surface area contributed by atoms with Gasteiger partial charge >= 0.3 is 6.03 Å². The molecule has 1 aromatic carbocycles. The van der Waals surface area contributed by atoms with Crippen LogP contribution in [0.3, 0.4) is 0 Å². The summed E-state index contributed by atoms with van der Waals surface area (Å²) in [6, 6.07) is 9.29. The maximum atomic E-state index is 12.7. The zero-order valence-electron chi connectivity index (χ0n) is 18.1. The fourth-order valence-corrected chi connectivity index (χ4v) is 3.40. The average molecular weight is 425 g/mol. The van der Waals surface area contributed by atoms with E-state index >= 15 is 0 Å². The molecule has 9 heteroatoms. The van der Waals surface area contributed by atoms with Crippen molar-refractivity contribution in [3.8, 4) is 11.4 Å². The van der Waals surface area contributed by atoms with Gasteiger partial charge in [-0.2, -0.15) is 0 Å². The number of amides is 3. The molecule has 2 aliphatic rings. The Bertz CT molecular complexity index is 958. The number of carbonyl (C=O) groups excluding carboxylic acids is 2. The van der Waals surface area contributed by atoms with Gasteiger partial charge in [-0.1, -0.05) is 0 Å². The molecule has 1 aliphatic carbocycles. The maximum absolute atomic E-state index is 12.7. The van der Waals surface area contributed by atoms with Gasteiger partial charge in [0, 0.05) is 44.0 Å². The molecule has 164 valence electrons. The molecule has 1 saturated carbocycles. The summed E-state index contributed by atoms with van der Waals surface area (Å²) in [6.07, 6.45) is 2.07.